The summed E-state index contributed by atoms with van der Waals surface area (Å²) in [6, 6.07) is 5.50. The molecule has 0 saturated carbocycles. The number of fused-ring (bicyclic) bond motifs is 1. The van der Waals surface area contributed by atoms with Crippen LogP contribution in [0.4, 0.5) is 0 Å². The van der Waals surface area contributed by atoms with Crippen molar-refractivity contribution < 1.29 is 9.21 Å². The number of carbonyl (C=O) groups is 1. The third-order valence-electron chi connectivity index (χ3n) is 4.34. The van der Waals surface area contributed by atoms with Crippen molar-refractivity contribution in [1.82, 2.24) is 4.90 Å². The van der Waals surface area contributed by atoms with Gasteiger partial charge in [0.15, 0.2) is 5.58 Å². The molecule has 4 nitrogen and oxygen atoms in total. The Morgan fingerprint density at radius 1 is 1.30 bits per heavy atom. The average Bonchev–Trinajstić information content (AvgIpc) is 2.54. The molecule has 1 fully saturated rings. The standard InChI is InChI=1S/C17H17Br2NO3/c1-2-12-5-3-4-6-20(12)16(21)13-8-10-7-11(18)9-14(19)15(10)23-17(13)22/h7-9,12H,2-6H2,1H3/t12-/m1/s1. The minimum absolute atomic E-state index is 0.114. The summed E-state index contributed by atoms with van der Waals surface area (Å²) in [5.74, 6) is -0.219. The van der Waals surface area contributed by atoms with Crippen LogP contribution in [0.1, 0.15) is 43.0 Å². The van der Waals surface area contributed by atoms with Crippen molar-refractivity contribution in [2.24, 2.45) is 0 Å². The van der Waals surface area contributed by atoms with Crippen LogP contribution in [0, 0.1) is 0 Å². The minimum Gasteiger partial charge on any atom is -0.421 e. The molecule has 0 bridgehead atoms. The first kappa shape index (κ1) is 16.7. The smallest absolute Gasteiger partial charge is 0.349 e. The molecule has 3 rings (SSSR count). The third-order valence-corrected chi connectivity index (χ3v) is 5.39. The number of hydrogen-bond acceptors (Lipinski definition) is 3. The van der Waals surface area contributed by atoms with Gasteiger partial charge in [-0.25, -0.2) is 4.79 Å². The molecule has 2 heterocycles. The quantitative estimate of drug-likeness (QED) is 0.632. The summed E-state index contributed by atoms with van der Waals surface area (Å²) in [7, 11) is 0. The largest absolute Gasteiger partial charge is 0.421 e. The lowest BCUT2D eigenvalue weighted by molar-refractivity contribution is 0.0604. The van der Waals surface area contributed by atoms with Crippen LogP contribution in [0.5, 0.6) is 0 Å². The minimum atomic E-state index is -0.578. The molecule has 0 radical (unpaired) electrons. The summed E-state index contributed by atoms with van der Waals surface area (Å²) in [6.45, 7) is 2.78. The van der Waals surface area contributed by atoms with E-state index in [0.717, 1.165) is 35.5 Å². The third kappa shape index (κ3) is 3.24. The highest BCUT2D eigenvalue weighted by atomic mass is 79.9. The van der Waals surface area contributed by atoms with Gasteiger partial charge in [0.2, 0.25) is 0 Å². The van der Waals surface area contributed by atoms with Crippen LogP contribution in [-0.4, -0.2) is 23.4 Å². The normalized spacial score (nSPS) is 18.4. The fraction of sp³-hybridized carbons (Fsp3) is 0.412. The van der Waals surface area contributed by atoms with Crippen molar-refractivity contribution in [3.8, 4) is 0 Å². The average molecular weight is 443 g/mol. The number of carbonyl (C=O) groups excluding carboxylic acids is 1. The maximum atomic E-state index is 12.8. The zero-order chi connectivity index (χ0) is 16.6. The van der Waals surface area contributed by atoms with Crippen LogP contribution in [-0.2, 0) is 0 Å². The SMILES string of the molecule is CC[C@@H]1CCCCN1C(=O)c1cc2cc(Br)cc(Br)c2oc1=O. The molecular weight excluding hydrogens is 426 g/mol. The second-order valence-electron chi connectivity index (χ2n) is 5.81. The van der Waals surface area contributed by atoms with Crippen LogP contribution < -0.4 is 5.63 Å². The fourth-order valence-corrected chi connectivity index (χ4v) is 4.49. The molecular formula is C17H17Br2NO3. The molecule has 0 unspecified atom stereocenters. The molecule has 23 heavy (non-hydrogen) atoms. The zero-order valence-electron chi connectivity index (χ0n) is 12.8. The Kier molecular flexibility index (Phi) is 4.92. The first-order valence-electron chi connectivity index (χ1n) is 7.75. The molecule has 6 heteroatoms. The van der Waals surface area contributed by atoms with Crippen LogP contribution in [0.15, 0.2) is 36.4 Å². The molecule has 0 aliphatic carbocycles. The Bertz CT molecular complexity index is 815. The van der Waals surface area contributed by atoms with Crippen LogP contribution in [0.2, 0.25) is 0 Å². The Morgan fingerprint density at radius 2 is 2.09 bits per heavy atom. The van der Waals surface area contributed by atoms with Gasteiger partial charge in [-0.05, 0) is 59.8 Å². The molecule has 1 aromatic carbocycles. The highest BCUT2D eigenvalue weighted by molar-refractivity contribution is 9.11. The van der Waals surface area contributed by atoms with Gasteiger partial charge in [-0.2, -0.15) is 0 Å². The van der Waals surface area contributed by atoms with E-state index in [1.54, 1.807) is 6.07 Å². The lowest BCUT2D eigenvalue weighted by Crippen LogP contribution is -2.44. The number of nitrogens with zero attached hydrogens (tertiary/aromatic N) is 1. The van der Waals surface area contributed by atoms with Gasteiger partial charge in [-0.15, -0.1) is 0 Å². The van der Waals surface area contributed by atoms with E-state index < -0.39 is 5.63 Å². The van der Waals surface area contributed by atoms with Crippen molar-refractivity contribution in [2.75, 3.05) is 6.54 Å². The molecule has 1 amide bonds. The van der Waals surface area contributed by atoms with Gasteiger partial charge in [0.05, 0.1) is 4.47 Å². The van der Waals surface area contributed by atoms with Gasteiger partial charge < -0.3 is 9.32 Å². The van der Waals surface area contributed by atoms with Crippen LogP contribution >= 0.6 is 31.9 Å². The molecule has 1 aliphatic rings. The number of rotatable bonds is 2. The first-order valence-corrected chi connectivity index (χ1v) is 9.33. The fourth-order valence-electron chi connectivity index (χ4n) is 3.15. The highest BCUT2D eigenvalue weighted by Gasteiger charge is 2.28. The second kappa shape index (κ2) is 6.77. The predicted molar refractivity (Wildman–Crippen MR) is 96.9 cm³/mol. The number of likely N-dealkylation sites (tertiary alicyclic amines) is 1. The van der Waals surface area contributed by atoms with Crippen LogP contribution in [0.3, 0.4) is 0 Å². The molecule has 0 spiro atoms. The Labute approximate surface area is 151 Å². The zero-order valence-corrected chi connectivity index (χ0v) is 15.9. The predicted octanol–water partition coefficient (Wildman–Crippen LogP) is 4.72. The van der Waals surface area contributed by atoms with E-state index in [2.05, 4.69) is 38.8 Å². The van der Waals surface area contributed by atoms with Crippen molar-refractivity contribution in [3.63, 3.8) is 0 Å². The second-order valence-corrected chi connectivity index (χ2v) is 7.58. The van der Waals surface area contributed by atoms with Crippen LogP contribution in [0.25, 0.3) is 11.0 Å². The number of halogens is 2. The summed E-state index contributed by atoms with van der Waals surface area (Å²) in [6.07, 6.45) is 4.02. The Balaban J connectivity index is 2.06. The van der Waals surface area contributed by atoms with E-state index in [4.69, 9.17) is 4.42 Å². The Hall–Kier alpha value is -1.14. The van der Waals surface area contributed by atoms with Gasteiger partial charge in [0, 0.05) is 22.4 Å². The molecule has 2 aromatic rings. The molecule has 1 atom stereocenters. The Morgan fingerprint density at radius 3 is 2.83 bits per heavy atom. The molecule has 1 aliphatic heterocycles. The number of piperidine rings is 1. The maximum absolute atomic E-state index is 12.8. The van der Waals surface area contributed by atoms with Crippen molar-refractivity contribution in [3.05, 3.63) is 43.1 Å². The van der Waals surface area contributed by atoms with E-state index in [0.29, 0.717) is 16.6 Å². The molecule has 122 valence electrons. The first-order chi connectivity index (χ1) is 11.0. The highest BCUT2D eigenvalue weighted by Crippen LogP contribution is 2.29. The van der Waals surface area contributed by atoms with Crippen molar-refractivity contribution in [1.29, 1.82) is 0 Å². The maximum Gasteiger partial charge on any atom is 0.349 e. The van der Waals surface area contributed by atoms with Gasteiger partial charge in [-0.3, -0.25) is 4.79 Å². The van der Waals surface area contributed by atoms with Gasteiger partial charge in [-0.1, -0.05) is 22.9 Å². The topological polar surface area (TPSA) is 50.5 Å². The summed E-state index contributed by atoms with van der Waals surface area (Å²) < 4.78 is 6.93. The monoisotopic (exact) mass is 441 g/mol. The van der Waals surface area contributed by atoms with Gasteiger partial charge in [0.25, 0.3) is 5.91 Å². The van der Waals surface area contributed by atoms with E-state index in [1.807, 2.05) is 17.0 Å². The lowest BCUT2D eigenvalue weighted by Gasteiger charge is -2.35. The summed E-state index contributed by atoms with van der Waals surface area (Å²) in [5.41, 5.74) is -0.00534. The van der Waals surface area contributed by atoms with Crippen molar-refractivity contribution >= 4 is 48.7 Å². The number of amides is 1. The summed E-state index contributed by atoms with van der Waals surface area (Å²) in [5, 5.41) is 0.722. The summed E-state index contributed by atoms with van der Waals surface area (Å²) >= 11 is 6.80. The number of hydrogen-bond donors (Lipinski definition) is 0. The number of benzene rings is 1. The van der Waals surface area contributed by atoms with Crippen molar-refractivity contribution in [2.45, 2.75) is 38.6 Å². The summed E-state index contributed by atoms with van der Waals surface area (Å²) in [4.78, 5) is 27.0. The van der Waals surface area contributed by atoms with E-state index in [1.165, 1.54) is 0 Å². The lowest BCUT2D eigenvalue weighted by atomic mass is 9.99. The molecule has 1 saturated heterocycles. The van der Waals surface area contributed by atoms with E-state index >= 15 is 0 Å². The van der Waals surface area contributed by atoms with Gasteiger partial charge >= 0.3 is 5.63 Å². The van der Waals surface area contributed by atoms with E-state index in [9.17, 15) is 9.59 Å². The molecule has 1 aromatic heterocycles. The molecule has 0 N–H and O–H groups in total. The van der Waals surface area contributed by atoms with Gasteiger partial charge in [0.1, 0.15) is 5.56 Å². The van der Waals surface area contributed by atoms with E-state index in [-0.39, 0.29) is 17.5 Å².